The maximum Gasteiger partial charge on any atom is 0.314 e. The van der Waals surface area contributed by atoms with Crippen molar-refractivity contribution in [3.63, 3.8) is 0 Å². The Hall–Kier alpha value is -2.44. The number of halogens is 2. The molecule has 0 radical (unpaired) electrons. The lowest BCUT2D eigenvalue weighted by atomic mass is 10.2. The largest absolute Gasteiger partial charge is 0.486 e. The fraction of sp³-hybridized carbons (Fsp3) is 0.125. The lowest BCUT2D eigenvalue weighted by Crippen LogP contribution is -2.29. The number of benzene rings is 2. The number of rotatable bonds is 2. The monoisotopic (exact) mass is 366 g/mol. The minimum absolute atomic E-state index is 0.166. The van der Waals surface area contributed by atoms with Crippen LogP contribution in [-0.4, -0.2) is 25.0 Å². The summed E-state index contributed by atoms with van der Waals surface area (Å²) in [7, 11) is 0. The van der Waals surface area contributed by atoms with E-state index in [2.05, 4.69) is 10.6 Å². The summed E-state index contributed by atoms with van der Waals surface area (Å²) in [6.45, 7) is 0.902. The van der Waals surface area contributed by atoms with Crippen molar-refractivity contribution in [3.05, 3.63) is 46.4 Å². The zero-order valence-corrected chi connectivity index (χ0v) is 13.8. The molecule has 2 aromatic carbocycles. The number of anilines is 2. The van der Waals surface area contributed by atoms with Gasteiger partial charge in [-0.3, -0.25) is 9.59 Å². The van der Waals surface area contributed by atoms with Gasteiger partial charge in [-0.25, -0.2) is 0 Å². The molecule has 0 saturated heterocycles. The smallest absolute Gasteiger partial charge is 0.314 e. The Morgan fingerprint density at radius 1 is 0.917 bits per heavy atom. The summed E-state index contributed by atoms with van der Waals surface area (Å²) in [4.78, 5) is 24.0. The highest BCUT2D eigenvalue weighted by molar-refractivity contribution is 6.47. The van der Waals surface area contributed by atoms with Gasteiger partial charge in [0.05, 0.1) is 15.7 Å². The summed E-state index contributed by atoms with van der Waals surface area (Å²) in [6.07, 6.45) is 0. The molecule has 24 heavy (non-hydrogen) atoms. The Labute approximate surface area is 147 Å². The molecule has 0 unspecified atom stereocenters. The third kappa shape index (κ3) is 3.55. The van der Waals surface area contributed by atoms with Gasteiger partial charge in [-0.15, -0.1) is 0 Å². The maximum atomic E-state index is 12.0. The Kier molecular flexibility index (Phi) is 4.78. The fourth-order valence-corrected chi connectivity index (χ4v) is 2.44. The molecule has 8 heteroatoms. The minimum atomic E-state index is -0.867. The van der Waals surface area contributed by atoms with Gasteiger partial charge in [0.1, 0.15) is 13.2 Å². The van der Waals surface area contributed by atoms with Crippen LogP contribution >= 0.6 is 23.2 Å². The first-order chi connectivity index (χ1) is 11.5. The van der Waals surface area contributed by atoms with Gasteiger partial charge in [-0.05, 0) is 24.3 Å². The molecule has 0 aliphatic carbocycles. The van der Waals surface area contributed by atoms with Crippen LogP contribution in [0.3, 0.4) is 0 Å². The number of hydrogen-bond acceptors (Lipinski definition) is 4. The van der Waals surface area contributed by atoms with Gasteiger partial charge in [-0.2, -0.15) is 0 Å². The average Bonchev–Trinajstić information content (AvgIpc) is 2.58. The molecular formula is C16H12Cl2N2O4. The van der Waals surface area contributed by atoms with Crippen molar-refractivity contribution in [2.45, 2.75) is 0 Å². The van der Waals surface area contributed by atoms with Crippen LogP contribution < -0.4 is 20.1 Å². The lowest BCUT2D eigenvalue weighted by Gasteiger charge is -2.18. The summed E-state index contributed by atoms with van der Waals surface area (Å²) in [6, 6.07) is 9.60. The summed E-state index contributed by atoms with van der Waals surface area (Å²) >= 11 is 11.8. The quantitative estimate of drug-likeness (QED) is 0.799. The molecule has 0 fully saturated rings. The molecule has 3 rings (SSSR count). The van der Waals surface area contributed by atoms with Gasteiger partial charge in [0.2, 0.25) is 0 Å². The molecule has 1 aliphatic heterocycles. The van der Waals surface area contributed by atoms with Crippen LogP contribution in [0.4, 0.5) is 11.4 Å². The Bertz CT molecular complexity index is 811. The molecule has 0 aromatic heterocycles. The highest BCUT2D eigenvalue weighted by Gasteiger charge is 2.18. The third-order valence-corrected chi connectivity index (χ3v) is 4.02. The highest BCUT2D eigenvalue weighted by Crippen LogP contribution is 2.33. The number of carbonyl (C=O) groups excluding carboxylic acids is 2. The predicted molar refractivity (Wildman–Crippen MR) is 91.2 cm³/mol. The molecule has 124 valence electrons. The first-order valence-electron chi connectivity index (χ1n) is 7.00. The Balaban J connectivity index is 1.68. The minimum Gasteiger partial charge on any atom is -0.486 e. The second-order valence-corrected chi connectivity index (χ2v) is 5.65. The van der Waals surface area contributed by atoms with Crippen LogP contribution in [0.1, 0.15) is 0 Å². The fourth-order valence-electron chi connectivity index (χ4n) is 2.09. The van der Waals surface area contributed by atoms with Crippen LogP contribution in [0.15, 0.2) is 36.4 Å². The second kappa shape index (κ2) is 6.98. The van der Waals surface area contributed by atoms with E-state index in [-0.39, 0.29) is 15.7 Å². The van der Waals surface area contributed by atoms with E-state index < -0.39 is 11.8 Å². The van der Waals surface area contributed by atoms with Crippen LogP contribution in [0, 0.1) is 0 Å². The van der Waals surface area contributed by atoms with E-state index in [1.54, 1.807) is 36.4 Å². The van der Waals surface area contributed by atoms with Crippen molar-refractivity contribution in [1.29, 1.82) is 0 Å². The van der Waals surface area contributed by atoms with Crippen LogP contribution in [0.25, 0.3) is 0 Å². The zero-order valence-electron chi connectivity index (χ0n) is 12.3. The molecule has 0 bridgehead atoms. The average molecular weight is 367 g/mol. The van der Waals surface area contributed by atoms with Gasteiger partial charge in [-0.1, -0.05) is 29.3 Å². The van der Waals surface area contributed by atoms with Gasteiger partial charge in [0, 0.05) is 11.8 Å². The van der Waals surface area contributed by atoms with Crippen LogP contribution in [0.5, 0.6) is 11.5 Å². The Morgan fingerprint density at radius 2 is 1.62 bits per heavy atom. The van der Waals surface area contributed by atoms with E-state index in [1.165, 1.54) is 0 Å². The number of ether oxygens (including phenoxy) is 2. The molecule has 0 saturated carbocycles. The summed E-state index contributed by atoms with van der Waals surface area (Å²) < 4.78 is 10.8. The first-order valence-corrected chi connectivity index (χ1v) is 7.76. The van der Waals surface area contributed by atoms with Crippen molar-refractivity contribution in [3.8, 4) is 11.5 Å². The van der Waals surface area contributed by atoms with Crippen molar-refractivity contribution in [2.24, 2.45) is 0 Å². The first kappa shape index (κ1) is 16.4. The number of hydrogen-bond donors (Lipinski definition) is 2. The SMILES string of the molecule is O=C(Nc1ccc2c(c1)OCCO2)C(=O)Nc1cccc(Cl)c1Cl. The highest BCUT2D eigenvalue weighted by atomic mass is 35.5. The predicted octanol–water partition coefficient (Wildman–Crippen LogP) is 3.34. The van der Waals surface area contributed by atoms with Crippen LogP contribution in [0.2, 0.25) is 10.0 Å². The molecule has 1 heterocycles. The van der Waals surface area contributed by atoms with Gasteiger partial charge >= 0.3 is 11.8 Å². The van der Waals surface area contributed by atoms with E-state index in [0.717, 1.165) is 0 Å². The van der Waals surface area contributed by atoms with Crippen molar-refractivity contribution in [1.82, 2.24) is 0 Å². The summed E-state index contributed by atoms with van der Waals surface area (Å²) in [5.41, 5.74) is 0.670. The molecule has 6 nitrogen and oxygen atoms in total. The normalized spacial score (nSPS) is 12.4. The van der Waals surface area contributed by atoms with E-state index in [1.807, 2.05) is 0 Å². The molecule has 1 aliphatic rings. The van der Waals surface area contributed by atoms with Crippen molar-refractivity contribution in [2.75, 3.05) is 23.8 Å². The lowest BCUT2D eigenvalue weighted by molar-refractivity contribution is -0.132. The summed E-state index contributed by atoms with van der Waals surface area (Å²) in [5.74, 6) is -0.608. The van der Waals surface area contributed by atoms with Crippen LogP contribution in [-0.2, 0) is 9.59 Å². The van der Waals surface area contributed by atoms with Crippen molar-refractivity contribution < 1.29 is 19.1 Å². The van der Waals surface area contributed by atoms with Gasteiger partial charge in [0.15, 0.2) is 11.5 Å². The topological polar surface area (TPSA) is 76.7 Å². The number of carbonyl (C=O) groups is 2. The second-order valence-electron chi connectivity index (χ2n) is 4.87. The molecule has 0 spiro atoms. The zero-order chi connectivity index (χ0) is 17.1. The van der Waals surface area contributed by atoms with Crippen molar-refractivity contribution >= 4 is 46.4 Å². The van der Waals surface area contributed by atoms with Gasteiger partial charge in [0.25, 0.3) is 0 Å². The maximum absolute atomic E-state index is 12.0. The molecule has 2 amide bonds. The number of amides is 2. The number of nitrogens with one attached hydrogen (secondary N) is 2. The van der Waals surface area contributed by atoms with E-state index in [9.17, 15) is 9.59 Å². The molecule has 2 N–H and O–H groups in total. The Morgan fingerprint density at radius 3 is 2.42 bits per heavy atom. The van der Waals surface area contributed by atoms with Gasteiger partial charge < -0.3 is 20.1 Å². The van der Waals surface area contributed by atoms with E-state index >= 15 is 0 Å². The molecule has 2 aromatic rings. The third-order valence-electron chi connectivity index (χ3n) is 3.21. The standard InChI is InChI=1S/C16H12Cl2N2O4/c17-10-2-1-3-11(14(10)18)20-16(22)15(21)19-9-4-5-12-13(8-9)24-7-6-23-12/h1-5,8H,6-7H2,(H,19,21)(H,20,22). The van der Waals surface area contributed by atoms with E-state index in [0.29, 0.717) is 30.4 Å². The molecule has 0 atom stereocenters. The van der Waals surface area contributed by atoms with E-state index in [4.69, 9.17) is 32.7 Å². The molecular weight excluding hydrogens is 355 g/mol. The number of fused-ring (bicyclic) bond motifs is 1. The summed E-state index contributed by atoms with van der Waals surface area (Å²) in [5, 5.41) is 5.34.